The van der Waals surface area contributed by atoms with Crippen molar-refractivity contribution in [2.45, 2.75) is 0 Å². The van der Waals surface area contributed by atoms with E-state index in [1.54, 1.807) is 26.5 Å². The molecule has 7 rings (SSSR count). The van der Waals surface area contributed by atoms with Crippen LogP contribution in [0.4, 0.5) is 4.39 Å². The molecule has 13 nitrogen and oxygen atoms in total. The number of hydrogen-bond donors (Lipinski definition) is 3. The first-order chi connectivity index (χ1) is 25.4. The molecular weight excluding hydrogens is 1070 g/mol. The number of aromatic amines is 3. The van der Waals surface area contributed by atoms with Crippen molar-refractivity contribution < 1.29 is 37.7 Å². The van der Waals surface area contributed by atoms with E-state index in [0.717, 1.165) is 50.4 Å². The smallest absolute Gasteiger partial charge is 0.356 e. The fraction of sp³-hybridized carbons (Fsp3) is 0.147. The highest BCUT2D eigenvalue weighted by Gasteiger charge is 2.19. The van der Waals surface area contributed by atoms with Crippen molar-refractivity contribution in [2.75, 3.05) is 35.5 Å². The number of aldehydes is 1. The van der Waals surface area contributed by atoms with Gasteiger partial charge >= 0.3 is 5.97 Å². The van der Waals surface area contributed by atoms with Gasteiger partial charge in [0, 0.05) is 13.4 Å². The molecule has 0 saturated carbocycles. The number of benzene rings is 4. The molecule has 4 aromatic carbocycles. The Morgan fingerprint density at radius 1 is 0.698 bits per heavy atom. The number of H-pyrrole nitrogens is 3. The van der Waals surface area contributed by atoms with Crippen LogP contribution in [0.15, 0.2) is 72.6 Å². The first kappa shape index (κ1) is 42.0. The Bertz CT molecular complexity index is 2390. The van der Waals surface area contributed by atoms with E-state index < -0.39 is 11.8 Å². The number of methoxy groups -OCH3 is 5. The molecular formula is C34H28Br4FIN6O7. The summed E-state index contributed by atoms with van der Waals surface area (Å²) >= 11 is 15.4. The standard InChI is InChI=1S/C10H9BrN2O3.C8H6BrFO2.C8H6BrIN2O.C8H7BrN2O/c1-15-6-4-3-5(11)8-7(6)9(13-12-8)10(14)16-2;1-12-7-3-2-6(9)8(10)5(7)4-11;1-13-5-3-2-4(9)7-6(5)8(10)12-11-7;1-12-7-3-2-6(9)8-5(7)4-10-11-8/h3-4H,1-2H3,(H,12,13);2-4H,1H3;2-3H,1H3,(H,11,12);2-4H,1H3,(H,10,11). The molecule has 0 unspecified atom stereocenters. The number of rotatable bonds is 6. The Morgan fingerprint density at radius 2 is 1.21 bits per heavy atom. The number of nitrogens with zero attached hydrogens (tertiary/aromatic N) is 3. The van der Waals surface area contributed by atoms with Crippen molar-refractivity contribution in [1.29, 1.82) is 0 Å². The van der Waals surface area contributed by atoms with Gasteiger partial charge in [0.15, 0.2) is 17.8 Å². The molecule has 3 aromatic heterocycles. The maximum absolute atomic E-state index is 13.1. The number of fused-ring (bicyclic) bond motifs is 3. The van der Waals surface area contributed by atoms with Gasteiger partial charge in [-0.25, -0.2) is 9.18 Å². The lowest BCUT2D eigenvalue weighted by molar-refractivity contribution is 0.0595. The molecule has 7 aromatic rings. The minimum Gasteiger partial charge on any atom is -0.496 e. The lowest BCUT2D eigenvalue weighted by Gasteiger charge is -2.04. The molecule has 0 radical (unpaired) electrons. The van der Waals surface area contributed by atoms with Crippen LogP contribution in [0.1, 0.15) is 20.8 Å². The molecule has 0 atom stereocenters. The molecule has 0 fully saturated rings. The van der Waals surface area contributed by atoms with E-state index in [2.05, 4.69) is 122 Å². The zero-order valence-electron chi connectivity index (χ0n) is 28.2. The minimum absolute atomic E-state index is 0.0631. The van der Waals surface area contributed by atoms with Crippen LogP contribution >= 0.6 is 86.3 Å². The summed E-state index contributed by atoms with van der Waals surface area (Å²) < 4.78 is 42.1. The maximum Gasteiger partial charge on any atom is 0.356 e. The number of carbonyl (C=O) groups excluding carboxylic acids is 2. The minimum atomic E-state index is -0.593. The summed E-state index contributed by atoms with van der Waals surface area (Å²) in [5.41, 5.74) is 2.74. The van der Waals surface area contributed by atoms with Gasteiger partial charge in [0.05, 0.1) is 73.5 Å². The zero-order valence-corrected chi connectivity index (χ0v) is 36.7. The summed E-state index contributed by atoms with van der Waals surface area (Å²) in [6.45, 7) is 0. The third kappa shape index (κ3) is 9.48. The normalized spacial score (nSPS) is 10.3. The molecule has 53 heavy (non-hydrogen) atoms. The van der Waals surface area contributed by atoms with Crippen LogP contribution in [0.25, 0.3) is 32.7 Å². The first-order valence-electron chi connectivity index (χ1n) is 14.7. The van der Waals surface area contributed by atoms with Crippen LogP contribution in [0.5, 0.6) is 23.0 Å². The third-order valence-corrected chi connectivity index (χ3v) is 10.5. The topological polar surface area (TPSA) is 166 Å². The van der Waals surface area contributed by atoms with Gasteiger partial charge in [0.1, 0.15) is 37.7 Å². The number of halogens is 6. The van der Waals surface area contributed by atoms with Crippen LogP contribution in [-0.4, -0.2) is 78.4 Å². The summed E-state index contributed by atoms with van der Waals surface area (Å²) in [4.78, 5) is 21.9. The molecule has 0 saturated heterocycles. The lowest BCUT2D eigenvalue weighted by atomic mass is 10.2. The largest absolute Gasteiger partial charge is 0.496 e. The molecule has 0 aliphatic carbocycles. The average molecular weight is 1100 g/mol. The average Bonchev–Trinajstić information content (AvgIpc) is 3.94. The maximum atomic E-state index is 13.1. The van der Waals surface area contributed by atoms with E-state index in [1.165, 1.54) is 33.5 Å². The van der Waals surface area contributed by atoms with E-state index in [1.807, 2.05) is 30.3 Å². The quantitative estimate of drug-likeness (QED) is 0.0829. The van der Waals surface area contributed by atoms with Gasteiger partial charge < -0.3 is 23.7 Å². The van der Waals surface area contributed by atoms with Crippen molar-refractivity contribution >= 4 is 131 Å². The van der Waals surface area contributed by atoms with E-state index in [9.17, 15) is 14.0 Å². The molecule has 0 aliphatic rings. The fourth-order valence-electron chi connectivity index (χ4n) is 4.68. The van der Waals surface area contributed by atoms with Crippen LogP contribution < -0.4 is 18.9 Å². The second-order valence-electron chi connectivity index (χ2n) is 10.1. The van der Waals surface area contributed by atoms with Crippen molar-refractivity contribution in [3.63, 3.8) is 0 Å². The summed E-state index contributed by atoms with van der Waals surface area (Å²) in [6.07, 6.45) is 2.18. The van der Waals surface area contributed by atoms with Crippen LogP contribution in [0.3, 0.4) is 0 Å². The Morgan fingerprint density at radius 3 is 1.79 bits per heavy atom. The molecule has 19 heteroatoms. The Kier molecular flexibility index (Phi) is 15.4. The van der Waals surface area contributed by atoms with E-state index in [0.29, 0.717) is 22.9 Å². The number of carbonyl (C=O) groups is 2. The summed E-state index contributed by atoms with van der Waals surface area (Å²) in [6, 6.07) is 14.3. The summed E-state index contributed by atoms with van der Waals surface area (Å²) in [7, 11) is 7.55. The third-order valence-electron chi connectivity index (χ3n) is 7.20. The van der Waals surface area contributed by atoms with Crippen molar-refractivity contribution in [1.82, 2.24) is 30.6 Å². The SMILES string of the molecule is COC(=O)c1[nH]nc2c(Br)ccc(OC)c12.COc1ccc(Br)c(F)c1C=O.COc1ccc(Br)c2[nH]ncc12.COc1ccc(Br)c2n[nH]c(I)c12. The van der Waals surface area contributed by atoms with Crippen molar-refractivity contribution in [2.24, 2.45) is 0 Å². The molecule has 0 spiro atoms. The van der Waals surface area contributed by atoms with E-state index in [4.69, 9.17) is 18.9 Å². The Balaban J connectivity index is 0.000000159. The number of nitrogens with one attached hydrogen (secondary N) is 3. The number of hydrogen-bond acceptors (Lipinski definition) is 10. The van der Waals surface area contributed by atoms with Gasteiger partial charge in [0.2, 0.25) is 0 Å². The first-order valence-corrected chi connectivity index (χ1v) is 19.0. The van der Waals surface area contributed by atoms with Crippen LogP contribution in [0.2, 0.25) is 0 Å². The molecule has 0 amide bonds. The van der Waals surface area contributed by atoms with Crippen LogP contribution in [-0.2, 0) is 4.74 Å². The highest BCUT2D eigenvalue weighted by atomic mass is 127. The molecule has 278 valence electrons. The van der Waals surface area contributed by atoms with Gasteiger partial charge in [-0.1, -0.05) is 0 Å². The van der Waals surface area contributed by atoms with Crippen molar-refractivity contribution in [3.05, 3.63) is 93.4 Å². The monoisotopic (exact) mass is 1090 g/mol. The highest BCUT2D eigenvalue weighted by Crippen LogP contribution is 2.34. The lowest BCUT2D eigenvalue weighted by Crippen LogP contribution is -2.02. The van der Waals surface area contributed by atoms with Gasteiger partial charge in [0.25, 0.3) is 0 Å². The molecule has 0 bridgehead atoms. The number of aromatic nitrogens is 6. The van der Waals surface area contributed by atoms with E-state index >= 15 is 0 Å². The summed E-state index contributed by atoms with van der Waals surface area (Å²) in [5, 5.41) is 23.2. The van der Waals surface area contributed by atoms with Crippen LogP contribution in [0, 0.1) is 9.52 Å². The van der Waals surface area contributed by atoms with Crippen molar-refractivity contribution in [3.8, 4) is 23.0 Å². The van der Waals surface area contributed by atoms with Gasteiger partial charge in [-0.05, 0) is 135 Å². The number of esters is 1. The zero-order chi connectivity index (χ0) is 38.8. The van der Waals surface area contributed by atoms with E-state index in [-0.39, 0.29) is 21.5 Å². The highest BCUT2D eigenvalue weighted by molar-refractivity contribution is 14.1. The van der Waals surface area contributed by atoms with Gasteiger partial charge in [-0.2, -0.15) is 15.3 Å². The molecule has 0 aliphatic heterocycles. The Labute approximate surface area is 348 Å². The number of ether oxygens (including phenoxy) is 5. The summed E-state index contributed by atoms with van der Waals surface area (Å²) in [5.74, 6) is 1.43. The molecule has 3 N–H and O–H groups in total. The second-order valence-corrected chi connectivity index (χ2v) is 14.6. The Hall–Kier alpha value is -3.79. The predicted octanol–water partition coefficient (Wildman–Crippen LogP) is 9.80. The van der Waals surface area contributed by atoms with Gasteiger partial charge in [-0.3, -0.25) is 20.1 Å². The molecule has 3 heterocycles. The predicted molar refractivity (Wildman–Crippen MR) is 221 cm³/mol. The second kappa shape index (κ2) is 19.5. The van der Waals surface area contributed by atoms with Gasteiger partial charge in [-0.15, -0.1) is 0 Å². The fourth-order valence-corrected chi connectivity index (χ4v) is 6.94.